The molecule has 1 aromatic heterocycles. The standard InChI is InChI=1S/C31H39N3O4S/c1-5-6-9-24-12-14-25(15-13-24)22-39(36,37)30-20-26(27(21-32-30)23(2)3)31(35)34-18-16-33(17-19-34)28-10-7-8-11-29(28)38-4/h7-8,10-15,20-21,23H,5-6,9,16-19,22H2,1-4H3. The third-order valence-electron chi connectivity index (χ3n) is 7.27. The van der Waals surface area contributed by atoms with Gasteiger partial charge in [0.05, 0.1) is 18.6 Å². The normalized spacial score (nSPS) is 14.1. The average molecular weight is 550 g/mol. The number of aryl methyl sites for hydroxylation is 1. The lowest BCUT2D eigenvalue weighted by molar-refractivity contribution is 0.0744. The van der Waals surface area contributed by atoms with E-state index in [-0.39, 0.29) is 22.6 Å². The van der Waals surface area contributed by atoms with Crippen LogP contribution in [0.4, 0.5) is 5.69 Å². The van der Waals surface area contributed by atoms with Crippen LogP contribution >= 0.6 is 0 Å². The lowest BCUT2D eigenvalue weighted by Crippen LogP contribution is -2.49. The van der Waals surface area contributed by atoms with Crippen LogP contribution in [0.25, 0.3) is 0 Å². The van der Waals surface area contributed by atoms with E-state index in [2.05, 4.69) is 16.8 Å². The summed E-state index contributed by atoms with van der Waals surface area (Å²) in [4.78, 5) is 22.0. The second kappa shape index (κ2) is 12.6. The molecule has 0 unspecified atom stereocenters. The van der Waals surface area contributed by atoms with Crippen molar-refractivity contribution in [3.05, 3.63) is 83.0 Å². The number of sulfone groups is 1. The van der Waals surface area contributed by atoms with E-state index in [9.17, 15) is 13.2 Å². The van der Waals surface area contributed by atoms with E-state index in [1.54, 1.807) is 18.2 Å². The molecular formula is C31H39N3O4S. The number of piperazine rings is 1. The number of methoxy groups -OCH3 is 1. The molecule has 1 amide bonds. The Labute approximate surface area is 232 Å². The Kier molecular flexibility index (Phi) is 9.28. The predicted octanol–water partition coefficient (Wildman–Crippen LogP) is 5.49. The molecule has 0 radical (unpaired) electrons. The number of ether oxygens (including phenoxy) is 1. The van der Waals surface area contributed by atoms with Gasteiger partial charge in [-0.2, -0.15) is 0 Å². The number of carbonyl (C=O) groups excluding carboxylic acids is 1. The fraction of sp³-hybridized carbons (Fsp3) is 0.419. The molecule has 0 spiro atoms. The van der Waals surface area contributed by atoms with Gasteiger partial charge in [0, 0.05) is 37.9 Å². The first-order valence-corrected chi connectivity index (χ1v) is 15.4. The Morgan fingerprint density at radius 1 is 1.00 bits per heavy atom. The molecular weight excluding hydrogens is 510 g/mol. The molecule has 1 saturated heterocycles. The van der Waals surface area contributed by atoms with Crippen LogP contribution in [0.15, 0.2) is 65.8 Å². The summed E-state index contributed by atoms with van der Waals surface area (Å²) in [5.74, 6) is 0.524. The number of benzene rings is 2. The van der Waals surface area contributed by atoms with Gasteiger partial charge < -0.3 is 14.5 Å². The number of carbonyl (C=O) groups is 1. The van der Waals surface area contributed by atoms with Gasteiger partial charge in [-0.1, -0.05) is 63.6 Å². The topological polar surface area (TPSA) is 79.8 Å². The van der Waals surface area contributed by atoms with Crippen molar-refractivity contribution in [3.8, 4) is 5.75 Å². The zero-order valence-electron chi connectivity index (χ0n) is 23.4. The van der Waals surface area contributed by atoms with Gasteiger partial charge in [0.1, 0.15) is 5.75 Å². The fourth-order valence-electron chi connectivity index (χ4n) is 4.95. The molecule has 1 fully saturated rings. The van der Waals surface area contributed by atoms with Gasteiger partial charge in [0.15, 0.2) is 14.9 Å². The average Bonchev–Trinajstić information content (AvgIpc) is 2.96. The number of pyridine rings is 1. The molecule has 7 nitrogen and oxygen atoms in total. The molecule has 0 aliphatic carbocycles. The molecule has 1 aliphatic heterocycles. The molecule has 0 atom stereocenters. The summed E-state index contributed by atoms with van der Waals surface area (Å²) in [5.41, 5.74) is 4.10. The van der Waals surface area contributed by atoms with Crippen molar-refractivity contribution in [2.75, 3.05) is 38.2 Å². The molecule has 4 rings (SSSR count). The molecule has 39 heavy (non-hydrogen) atoms. The highest BCUT2D eigenvalue weighted by atomic mass is 32.2. The fourth-order valence-corrected chi connectivity index (χ4v) is 6.24. The highest BCUT2D eigenvalue weighted by Crippen LogP contribution is 2.29. The lowest BCUT2D eigenvalue weighted by Gasteiger charge is -2.37. The molecule has 3 aromatic rings. The first kappa shape index (κ1) is 28.6. The van der Waals surface area contributed by atoms with Crippen molar-refractivity contribution in [3.63, 3.8) is 0 Å². The molecule has 8 heteroatoms. The van der Waals surface area contributed by atoms with E-state index in [4.69, 9.17) is 4.74 Å². The van der Waals surface area contributed by atoms with Crippen molar-refractivity contribution in [2.24, 2.45) is 0 Å². The maximum absolute atomic E-state index is 13.7. The molecule has 208 valence electrons. The van der Waals surface area contributed by atoms with E-state index in [1.807, 2.05) is 62.4 Å². The number of amides is 1. The van der Waals surface area contributed by atoms with Crippen LogP contribution in [0.3, 0.4) is 0 Å². The third-order valence-corrected chi connectivity index (χ3v) is 8.85. The maximum Gasteiger partial charge on any atom is 0.254 e. The highest BCUT2D eigenvalue weighted by molar-refractivity contribution is 7.90. The molecule has 2 heterocycles. The van der Waals surface area contributed by atoms with Gasteiger partial charge in [-0.15, -0.1) is 0 Å². The zero-order valence-corrected chi connectivity index (χ0v) is 24.2. The quantitative estimate of drug-likeness (QED) is 0.333. The van der Waals surface area contributed by atoms with Gasteiger partial charge in [0.25, 0.3) is 5.91 Å². The summed E-state index contributed by atoms with van der Waals surface area (Å²) in [5, 5.41) is -0.0574. The summed E-state index contributed by atoms with van der Waals surface area (Å²) in [6.45, 7) is 8.51. The molecule has 2 aromatic carbocycles. The van der Waals surface area contributed by atoms with Gasteiger partial charge in [-0.05, 0) is 53.6 Å². The number of unbranched alkanes of at least 4 members (excludes halogenated alkanes) is 1. The maximum atomic E-state index is 13.7. The SMILES string of the molecule is CCCCc1ccc(CS(=O)(=O)c2cc(C(=O)N3CCN(c4ccccc4OC)CC3)c(C(C)C)cn2)cc1. The van der Waals surface area contributed by atoms with E-state index in [1.165, 1.54) is 11.6 Å². The number of hydrogen-bond donors (Lipinski definition) is 0. The van der Waals surface area contributed by atoms with Crippen LogP contribution in [0, 0.1) is 0 Å². The Morgan fingerprint density at radius 3 is 2.31 bits per heavy atom. The number of hydrogen-bond acceptors (Lipinski definition) is 6. The summed E-state index contributed by atoms with van der Waals surface area (Å²) >= 11 is 0. The minimum absolute atomic E-state index is 0.0266. The van der Waals surface area contributed by atoms with E-state index in [0.29, 0.717) is 37.3 Å². The monoisotopic (exact) mass is 549 g/mol. The minimum atomic E-state index is -3.73. The van der Waals surface area contributed by atoms with Crippen molar-refractivity contribution in [2.45, 2.75) is 56.7 Å². The molecule has 0 bridgehead atoms. The zero-order chi connectivity index (χ0) is 28.0. The molecule has 0 N–H and O–H groups in total. The largest absolute Gasteiger partial charge is 0.495 e. The van der Waals surface area contributed by atoms with Crippen LogP contribution in [0.1, 0.15) is 66.6 Å². The number of nitrogens with zero attached hydrogens (tertiary/aromatic N) is 3. The lowest BCUT2D eigenvalue weighted by atomic mass is 9.98. The Hall–Kier alpha value is -3.39. The minimum Gasteiger partial charge on any atom is -0.495 e. The first-order chi connectivity index (χ1) is 18.7. The van der Waals surface area contributed by atoms with Crippen LogP contribution in [0.5, 0.6) is 5.75 Å². The number of aromatic nitrogens is 1. The van der Waals surface area contributed by atoms with Crippen molar-refractivity contribution in [1.82, 2.24) is 9.88 Å². The summed E-state index contributed by atoms with van der Waals surface area (Å²) in [6, 6.07) is 17.1. The highest BCUT2D eigenvalue weighted by Gasteiger charge is 2.28. The second-order valence-electron chi connectivity index (χ2n) is 10.4. The second-order valence-corrected chi connectivity index (χ2v) is 12.3. The molecule has 1 aliphatic rings. The number of para-hydroxylation sites is 2. The van der Waals surface area contributed by atoms with Crippen molar-refractivity contribution < 1.29 is 17.9 Å². The number of rotatable bonds is 10. The van der Waals surface area contributed by atoms with Crippen LogP contribution in [-0.4, -0.2) is 57.5 Å². The van der Waals surface area contributed by atoms with E-state index in [0.717, 1.165) is 36.3 Å². The predicted molar refractivity (Wildman–Crippen MR) is 155 cm³/mol. The Bertz CT molecular complexity index is 1380. The van der Waals surface area contributed by atoms with Crippen LogP contribution < -0.4 is 9.64 Å². The van der Waals surface area contributed by atoms with Gasteiger partial charge in [-0.3, -0.25) is 4.79 Å². The third kappa shape index (κ3) is 6.79. The van der Waals surface area contributed by atoms with Gasteiger partial charge in [-0.25, -0.2) is 13.4 Å². The van der Waals surface area contributed by atoms with Crippen LogP contribution in [-0.2, 0) is 22.0 Å². The van der Waals surface area contributed by atoms with E-state index < -0.39 is 9.84 Å². The first-order valence-electron chi connectivity index (χ1n) is 13.7. The smallest absolute Gasteiger partial charge is 0.254 e. The Balaban J connectivity index is 1.52. The number of anilines is 1. The summed E-state index contributed by atoms with van der Waals surface area (Å²) in [6.07, 6.45) is 4.77. The molecule has 0 saturated carbocycles. The van der Waals surface area contributed by atoms with Crippen LogP contribution in [0.2, 0.25) is 0 Å². The summed E-state index contributed by atoms with van der Waals surface area (Å²) in [7, 11) is -2.07. The van der Waals surface area contributed by atoms with E-state index >= 15 is 0 Å². The Morgan fingerprint density at radius 2 is 1.67 bits per heavy atom. The van der Waals surface area contributed by atoms with Gasteiger partial charge in [0.2, 0.25) is 0 Å². The summed E-state index contributed by atoms with van der Waals surface area (Å²) < 4.78 is 32.2. The van der Waals surface area contributed by atoms with Gasteiger partial charge >= 0.3 is 0 Å². The van der Waals surface area contributed by atoms with Crippen molar-refractivity contribution in [1.29, 1.82) is 0 Å². The van der Waals surface area contributed by atoms with Crippen molar-refractivity contribution >= 4 is 21.4 Å².